The topological polar surface area (TPSA) is 158 Å². The van der Waals surface area contributed by atoms with Gasteiger partial charge < -0.3 is 20.8 Å². The van der Waals surface area contributed by atoms with Gasteiger partial charge in [-0.25, -0.2) is 0 Å². The summed E-state index contributed by atoms with van der Waals surface area (Å²) in [4.78, 5) is 69.9. The molecule has 10 heteroatoms. The number of hydrogen-bond donors (Lipinski definition) is 3. The zero-order chi connectivity index (χ0) is 30.9. The highest BCUT2D eigenvalue weighted by atomic mass is 16.3. The zero-order valence-electron chi connectivity index (χ0n) is 25.3. The normalized spacial score (nSPS) is 27.1. The lowest BCUT2D eigenvalue weighted by molar-refractivity contribution is -0.175. The summed E-state index contributed by atoms with van der Waals surface area (Å²) in [5.41, 5.74) is 4.67. The molecule has 3 aliphatic rings. The number of phenolic OH excluding ortho intramolecular Hbond substituents is 1. The van der Waals surface area contributed by atoms with Crippen molar-refractivity contribution in [3.63, 3.8) is 0 Å². The Bertz CT molecular complexity index is 1270. The number of nitrogens with zero attached hydrogens (tertiary/aromatic N) is 2. The summed E-state index contributed by atoms with van der Waals surface area (Å²) in [5.74, 6) is -9.84. The maximum absolute atomic E-state index is 14.1. The van der Waals surface area contributed by atoms with Gasteiger partial charge in [-0.15, -0.1) is 0 Å². The largest absolute Gasteiger partial charge is 0.507 e. The van der Waals surface area contributed by atoms with Gasteiger partial charge in [0.1, 0.15) is 5.75 Å². The Hall–Kier alpha value is -3.11. The molecule has 0 saturated heterocycles. The molecule has 5 atom stereocenters. The van der Waals surface area contributed by atoms with Crippen molar-refractivity contribution >= 4 is 34.7 Å². The lowest BCUT2D eigenvalue weighted by Gasteiger charge is -2.48. The van der Waals surface area contributed by atoms with Crippen molar-refractivity contribution in [2.45, 2.75) is 83.8 Å². The van der Waals surface area contributed by atoms with Gasteiger partial charge in [0.2, 0.25) is 5.91 Å². The average molecular weight is 584 g/mol. The lowest BCUT2D eigenvalue weighted by Crippen LogP contribution is -2.68. The summed E-state index contributed by atoms with van der Waals surface area (Å²) in [6.45, 7) is 6.46. The first-order valence-electron chi connectivity index (χ1n) is 15.3. The van der Waals surface area contributed by atoms with Crippen LogP contribution in [-0.4, -0.2) is 76.9 Å². The first-order valence-corrected chi connectivity index (χ1v) is 15.3. The predicted molar refractivity (Wildman–Crippen MR) is 157 cm³/mol. The molecule has 0 aliphatic heterocycles. The minimum absolute atomic E-state index is 0.0562. The number of aliphatic hydroxyl groups is 1. The number of hydrogen-bond acceptors (Lipinski definition) is 9. The van der Waals surface area contributed by atoms with Crippen LogP contribution in [0.4, 0.5) is 5.69 Å². The van der Waals surface area contributed by atoms with Crippen molar-refractivity contribution in [3.05, 3.63) is 22.8 Å². The van der Waals surface area contributed by atoms with Gasteiger partial charge in [-0.2, -0.15) is 0 Å². The molecule has 0 radical (unpaired) electrons. The third-order valence-electron chi connectivity index (χ3n) is 9.49. The van der Waals surface area contributed by atoms with Crippen LogP contribution in [0, 0.1) is 23.7 Å². The number of carbonyl (C=O) groups excluding carboxylic acids is 5. The van der Waals surface area contributed by atoms with Crippen LogP contribution >= 0.6 is 0 Å². The molecular weight excluding hydrogens is 538 g/mol. The van der Waals surface area contributed by atoms with Crippen molar-refractivity contribution in [2.75, 3.05) is 32.1 Å². The van der Waals surface area contributed by atoms with Crippen molar-refractivity contribution < 1.29 is 34.2 Å². The van der Waals surface area contributed by atoms with E-state index in [0.717, 1.165) is 57.3 Å². The molecule has 230 valence electrons. The van der Waals surface area contributed by atoms with E-state index < -0.39 is 58.3 Å². The standard InChI is InChI=1S/C32H45N3O7/c1-5-7-9-11-35(12-10-8-6-2)17-19-15-22(34(3)4)21-14-18-13-20-16-23(36)26(31(33)41)30(40)32(20,42)29(39)24(18)28(38)25(21)27(19)37/h15,18,20,24,26,37,42H,5-14,16-17H2,1-4H3,(H2,33,41)/t18-,20+,24?,26?,32+/m1/s1. The van der Waals surface area contributed by atoms with Gasteiger partial charge in [0.05, 0.1) is 11.5 Å². The van der Waals surface area contributed by atoms with Crippen molar-refractivity contribution in [3.8, 4) is 5.75 Å². The van der Waals surface area contributed by atoms with E-state index in [1.165, 1.54) is 0 Å². The first kappa shape index (κ1) is 31.8. The Kier molecular flexibility index (Phi) is 9.57. The number of carbonyl (C=O) groups is 5. The number of nitrogens with two attached hydrogens (primary N) is 1. The van der Waals surface area contributed by atoms with Crippen LogP contribution in [0.15, 0.2) is 6.07 Å². The van der Waals surface area contributed by atoms with Crippen LogP contribution in [-0.2, 0) is 32.1 Å². The molecule has 0 aromatic heterocycles. The number of fused-ring (bicyclic) bond motifs is 3. The summed E-state index contributed by atoms with van der Waals surface area (Å²) in [7, 11) is 3.72. The summed E-state index contributed by atoms with van der Waals surface area (Å²) < 4.78 is 0. The third kappa shape index (κ3) is 5.51. The van der Waals surface area contributed by atoms with Gasteiger partial charge in [0, 0.05) is 44.2 Å². The van der Waals surface area contributed by atoms with Crippen molar-refractivity contribution in [2.24, 2.45) is 29.4 Å². The number of primary amides is 1. The molecule has 0 spiro atoms. The van der Waals surface area contributed by atoms with Crippen molar-refractivity contribution in [1.29, 1.82) is 0 Å². The van der Waals surface area contributed by atoms with E-state index in [4.69, 9.17) is 5.73 Å². The van der Waals surface area contributed by atoms with Crippen LogP contribution < -0.4 is 10.6 Å². The van der Waals surface area contributed by atoms with Crippen LogP contribution in [0.5, 0.6) is 5.75 Å². The van der Waals surface area contributed by atoms with Gasteiger partial charge in [0.15, 0.2) is 34.7 Å². The molecule has 2 unspecified atom stereocenters. The van der Waals surface area contributed by atoms with E-state index in [1.807, 2.05) is 25.1 Å². The van der Waals surface area contributed by atoms with E-state index >= 15 is 0 Å². The summed E-state index contributed by atoms with van der Waals surface area (Å²) in [5, 5.41) is 23.0. The number of amides is 1. The summed E-state index contributed by atoms with van der Waals surface area (Å²) in [6, 6.07) is 1.92. The number of ketones is 4. The van der Waals surface area contributed by atoms with Gasteiger partial charge in [-0.1, -0.05) is 39.5 Å². The van der Waals surface area contributed by atoms with E-state index in [2.05, 4.69) is 18.7 Å². The van der Waals surface area contributed by atoms with E-state index in [0.29, 0.717) is 17.7 Å². The molecular formula is C32H45N3O7. The Balaban J connectivity index is 1.74. The van der Waals surface area contributed by atoms with Gasteiger partial charge in [-0.05, 0) is 56.3 Å². The second-order valence-corrected chi connectivity index (χ2v) is 12.6. The molecule has 4 rings (SSSR count). The van der Waals surface area contributed by atoms with Crippen LogP contribution in [0.25, 0.3) is 0 Å². The minimum Gasteiger partial charge on any atom is -0.507 e. The quantitative estimate of drug-likeness (QED) is 0.248. The van der Waals surface area contributed by atoms with Gasteiger partial charge in [-0.3, -0.25) is 28.9 Å². The molecule has 1 aromatic rings. The van der Waals surface area contributed by atoms with Crippen LogP contribution in [0.1, 0.15) is 86.7 Å². The summed E-state index contributed by atoms with van der Waals surface area (Å²) in [6.07, 6.45) is 6.42. The van der Waals surface area contributed by atoms with E-state index in [1.54, 1.807) is 0 Å². The van der Waals surface area contributed by atoms with Crippen molar-refractivity contribution in [1.82, 2.24) is 4.90 Å². The minimum atomic E-state index is -2.64. The zero-order valence-corrected chi connectivity index (χ0v) is 25.3. The first-order chi connectivity index (χ1) is 19.9. The number of benzene rings is 1. The second-order valence-electron chi connectivity index (χ2n) is 12.6. The van der Waals surface area contributed by atoms with E-state index in [-0.39, 0.29) is 30.6 Å². The third-order valence-corrected chi connectivity index (χ3v) is 9.49. The fraction of sp³-hybridized carbons (Fsp3) is 0.656. The Morgan fingerprint density at radius 3 is 2.17 bits per heavy atom. The molecule has 2 saturated carbocycles. The molecule has 4 N–H and O–H groups in total. The smallest absolute Gasteiger partial charge is 0.235 e. The number of phenols is 1. The van der Waals surface area contributed by atoms with Gasteiger partial charge in [0.25, 0.3) is 0 Å². The fourth-order valence-electron chi connectivity index (χ4n) is 7.27. The van der Waals surface area contributed by atoms with Gasteiger partial charge >= 0.3 is 0 Å². The molecule has 10 nitrogen and oxygen atoms in total. The lowest BCUT2D eigenvalue weighted by atomic mass is 9.53. The predicted octanol–water partition coefficient (Wildman–Crippen LogP) is 2.58. The Morgan fingerprint density at radius 1 is 1.00 bits per heavy atom. The summed E-state index contributed by atoms with van der Waals surface area (Å²) >= 11 is 0. The molecule has 3 aliphatic carbocycles. The molecule has 1 amide bonds. The highest BCUT2D eigenvalue weighted by molar-refractivity contribution is 6.31. The number of aromatic hydroxyl groups is 1. The fourth-order valence-corrected chi connectivity index (χ4v) is 7.27. The Labute approximate surface area is 247 Å². The number of Topliss-reactive ketones (excluding diaryl/α,β-unsaturated/α-hetero) is 4. The Morgan fingerprint density at radius 2 is 1.62 bits per heavy atom. The molecule has 1 aromatic carbocycles. The van der Waals surface area contributed by atoms with Crippen LogP contribution in [0.2, 0.25) is 0 Å². The highest BCUT2D eigenvalue weighted by Gasteiger charge is 2.66. The number of rotatable bonds is 12. The average Bonchev–Trinajstić information content (AvgIpc) is 2.91. The van der Waals surface area contributed by atoms with E-state index in [9.17, 15) is 34.2 Å². The molecule has 42 heavy (non-hydrogen) atoms. The number of unbranched alkanes of at least 4 members (excludes halogenated alkanes) is 4. The SMILES string of the molecule is CCCCCN(CCCCC)Cc1cc(N(C)C)c2c(c1O)C(=O)C1C(=O)[C@]3(O)C(=O)C(C(N)=O)C(=O)C[C@@H]3C[C@@H]1C2. The number of anilines is 1. The maximum atomic E-state index is 14.1. The molecule has 2 fully saturated rings. The second kappa shape index (κ2) is 12.6. The molecule has 0 bridgehead atoms. The molecule has 0 heterocycles. The highest BCUT2D eigenvalue weighted by Crippen LogP contribution is 2.51. The monoisotopic (exact) mass is 583 g/mol. The van der Waals surface area contributed by atoms with Crippen LogP contribution in [0.3, 0.4) is 0 Å². The maximum Gasteiger partial charge on any atom is 0.235 e.